The number of rotatable bonds is 21. The van der Waals surface area contributed by atoms with Crippen molar-refractivity contribution in [2.75, 3.05) is 52.4 Å². The summed E-state index contributed by atoms with van der Waals surface area (Å²) >= 11 is 0. The normalized spacial score (nSPS) is 15.4. The molecule has 0 aliphatic carbocycles. The van der Waals surface area contributed by atoms with E-state index in [0.717, 1.165) is 0 Å². The molecule has 1 aliphatic rings. The lowest BCUT2D eigenvalue weighted by molar-refractivity contribution is 0.184. The minimum absolute atomic E-state index is 1.18. The SMILES string of the molecule is CCCCCCCCCCN(CCCCCCCCCC)CCN1CCNCC1. The zero-order chi connectivity index (χ0) is 20.8. The highest BCUT2D eigenvalue weighted by atomic mass is 15.2. The van der Waals surface area contributed by atoms with E-state index in [-0.39, 0.29) is 0 Å². The molecule has 0 aromatic carbocycles. The first kappa shape index (κ1) is 26.9. The van der Waals surface area contributed by atoms with E-state index in [2.05, 4.69) is 29.0 Å². The fourth-order valence-electron chi connectivity index (χ4n) is 4.49. The maximum Gasteiger partial charge on any atom is 0.0110 e. The minimum atomic E-state index is 1.18. The molecule has 0 spiro atoms. The summed E-state index contributed by atoms with van der Waals surface area (Å²) in [5, 5.41) is 3.48. The van der Waals surface area contributed by atoms with Gasteiger partial charge in [-0.2, -0.15) is 0 Å². The lowest BCUT2D eigenvalue weighted by Gasteiger charge is -2.30. The third-order valence-corrected chi connectivity index (χ3v) is 6.60. The maximum absolute atomic E-state index is 3.48. The number of nitrogens with one attached hydrogen (secondary N) is 1. The third-order valence-electron chi connectivity index (χ3n) is 6.60. The molecule has 0 aromatic rings. The lowest BCUT2D eigenvalue weighted by Crippen LogP contribution is -2.46. The number of nitrogens with zero attached hydrogens (tertiary/aromatic N) is 2. The molecule has 0 unspecified atom stereocenters. The second-order valence-electron chi connectivity index (χ2n) is 9.38. The van der Waals surface area contributed by atoms with Crippen LogP contribution in [0.1, 0.15) is 117 Å². The van der Waals surface area contributed by atoms with Crippen molar-refractivity contribution >= 4 is 0 Å². The largest absolute Gasteiger partial charge is 0.314 e. The molecule has 1 aliphatic heterocycles. The Hall–Kier alpha value is -0.120. The Labute approximate surface area is 184 Å². The van der Waals surface area contributed by atoms with Gasteiger partial charge in [0, 0.05) is 39.3 Å². The molecule has 1 saturated heterocycles. The Bertz CT molecular complexity index is 295. The number of hydrogen-bond acceptors (Lipinski definition) is 3. The van der Waals surface area contributed by atoms with E-state index < -0.39 is 0 Å². The molecule has 0 radical (unpaired) electrons. The monoisotopic (exact) mass is 409 g/mol. The molecule has 1 rings (SSSR count). The van der Waals surface area contributed by atoms with Gasteiger partial charge >= 0.3 is 0 Å². The van der Waals surface area contributed by atoms with Crippen molar-refractivity contribution in [1.29, 1.82) is 0 Å². The summed E-state index contributed by atoms with van der Waals surface area (Å²) in [4.78, 5) is 5.45. The first-order valence-electron chi connectivity index (χ1n) is 13.5. The molecule has 1 N–H and O–H groups in total. The second kappa shape index (κ2) is 21.1. The first-order valence-corrected chi connectivity index (χ1v) is 13.5. The summed E-state index contributed by atoms with van der Waals surface area (Å²) in [6, 6.07) is 0. The van der Waals surface area contributed by atoms with Gasteiger partial charge in [0.25, 0.3) is 0 Å². The molecule has 0 aromatic heterocycles. The van der Waals surface area contributed by atoms with Gasteiger partial charge in [0.05, 0.1) is 0 Å². The van der Waals surface area contributed by atoms with Crippen molar-refractivity contribution in [3.63, 3.8) is 0 Å². The second-order valence-corrected chi connectivity index (χ2v) is 9.38. The zero-order valence-electron chi connectivity index (χ0n) is 20.4. The smallest absolute Gasteiger partial charge is 0.0110 e. The van der Waals surface area contributed by atoms with Crippen LogP contribution in [0.25, 0.3) is 0 Å². The highest BCUT2D eigenvalue weighted by Gasteiger charge is 2.11. The van der Waals surface area contributed by atoms with Crippen molar-refractivity contribution in [3.05, 3.63) is 0 Å². The van der Waals surface area contributed by atoms with Crippen LogP contribution in [0.2, 0.25) is 0 Å². The van der Waals surface area contributed by atoms with Gasteiger partial charge in [0.15, 0.2) is 0 Å². The van der Waals surface area contributed by atoms with Gasteiger partial charge in [-0.05, 0) is 25.9 Å². The molecular formula is C26H55N3. The summed E-state index contributed by atoms with van der Waals surface area (Å²) < 4.78 is 0. The van der Waals surface area contributed by atoms with Crippen LogP contribution in [0, 0.1) is 0 Å². The zero-order valence-corrected chi connectivity index (χ0v) is 20.4. The summed E-state index contributed by atoms with van der Waals surface area (Å²) in [5.41, 5.74) is 0. The van der Waals surface area contributed by atoms with Crippen LogP contribution >= 0.6 is 0 Å². The van der Waals surface area contributed by atoms with Crippen molar-refractivity contribution < 1.29 is 0 Å². The van der Waals surface area contributed by atoms with Crippen molar-refractivity contribution in [3.8, 4) is 0 Å². The number of unbranched alkanes of at least 4 members (excludes halogenated alkanes) is 14. The van der Waals surface area contributed by atoms with E-state index in [1.807, 2.05) is 0 Å². The molecule has 0 bridgehead atoms. The van der Waals surface area contributed by atoms with Crippen molar-refractivity contribution in [1.82, 2.24) is 15.1 Å². The van der Waals surface area contributed by atoms with E-state index in [1.165, 1.54) is 155 Å². The van der Waals surface area contributed by atoms with Gasteiger partial charge in [0.2, 0.25) is 0 Å². The molecule has 29 heavy (non-hydrogen) atoms. The maximum atomic E-state index is 3.48. The van der Waals surface area contributed by atoms with Gasteiger partial charge < -0.3 is 10.2 Å². The van der Waals surface area contributed by atoms with Crippen LogP contribution in [-0.2, 0) is 0 Å². The average Bonchev–Trinajstić information content (AvgIpc) is 2.75. The van der Waals surface area contributed by atoms with E-state index >= 15 is 0 Å². The first-order chi connectivity index (χ1) is 14.4. The molecule has 0 saturated carbocycles. The lowest BCUT2D eigenvalue weighted by atomic mass is 10.1. The Morgan fingerprint density at radius 3 is 1.41 bits per heavy atom. The highest BCUT2D eigenvalue weighted by Crippen LogP contribution is 2.11. The van der Waals surface area contributed by atoms with Crippen LogP contribution in [-0.4, -0.2) is 62.2 Å². The average molecular weight is 410 g/mol. The van der Waals surface area contributed by atoms with E-state index in [1.54, 1.807) is 0 Å². The fraction of sp³-hybridized carbons (Fsp3) is 1.00. The standard InChI is InChI=1S/C26H55N3/c1-3-5-7-9-11-13-15-17-21-28(25-26-29-23-19-27-20-24-29)22-18-16-14-12-10-8-6-4-2/h27H,3-26H2,1-2H3. The van der Waals surface area contributed by atoms with Crippen LogP contribution in [0.15, 0.2) is 0 Å². The van der Waals surface area contributed by atoms with Gasteiger partial charge in [0.1, 0.15) is 0 Å². The molecular weight excluding hydrogens is 354 g/mol. The Balaban J connectivity index is 2.11. The summed E-state index contributed by atoms with van der Waals surface area (Å²) in [5.74, 6) is 0. The van der Waals surface area contributed by atoms with Crippen LogP contribution in [0.3, 0.4) is 0 Å². The molecule has 174 valence electrons. The van der Waals surface area contributed by atoms with Crippen molar-refractivity contribution in [2.45, 2.75) is 117 Å². The predicted molar refractivity (Wildman–Crippen MR) is 131 cm³/mol. The molecule has 1 fully saturated rings. The van der Waals surface area contributed by atoms with Crippen LogP contribution in [0.5, 0.6) is 0 Å². The highest BCUT2D eigenvalue weighted by molar-refractivity contribution is 4.70. The van der Waals surface area contributed by atoms with Gasteiger partial charge in [-0.1, -0.05) is 104 Å². The topological polar surface area (TPSA) is 18.5 Å². The third kappa shape index (κ3) is 17.3. The number of hydrogen-bond donors (Lipinski definition) is 1. The molecule has 3 nitrogen and oxygen atoms in total. The Kier molecular flexibility index (Phi) is 19.6. The Morgan fingerprint density at radius 1 is 0.552 bits per heavy atom. The van der Waals surface area contributed by atoms with Crippen LogP contribution < -0.4 is 5.32 Å². The summed E-state index contributed by atoms with van der Waals surface area (Å²) in [6.45, 7) is 14.7. The molecule has 1 heterocycles. The van der Waals surface area contributed by atoms with E-state index in [9.17, 15) is 0 Å². The molecule has 0 amide bonds. The minimum Gasteiger partial charge on any atom is -0.314 e. The molecule has 3 heteroatoms. The molecule has 0 atom stereocenters. The summed E-state index contributed by atoms with van der Waals surface area (Å²) in [7, 11) is 0. The van der Waals surface area contributed by atoms with Crippen molar-refractivity contribution in [2.24, 2.45) is 0 Å². The van der Waals surface area contributed by atoms with Gasteiger partial charge in [-0.15, -0.1) is 0 Å². The van der Waals surface area contributed by atoms with Crippen LogP contribution in [0.4, 0.5) is 0 Å². The van der Waals surface area contributed by atoms with Gasteiger partial charge in [-0.3, -0.25) is 4.90 Å². The van der Waals surface area contributed by atoms with Gasteiger partial charge in [-0.25, -0.2) is 0 Å². The van der Waals surface area contributed by atoms with E-state index in [4.69, 9.17) is 0 Å². The predicted octanol–water partition coefficient (Wildman–Crippen LogP) is 6.48. The number of piperazine rings is 1. The quantitative estimate of drug-likeness (QED) is 0.219. The Morgan fingerprint density at radius 2 is 0.966 bits per heavy atom. The summed E-state index contributed by atoms with van der Waals surface area (Å²) in [6.07, 6.45) is 22.9. The van der Waals surface area contributed by atoms with E-state index in [0.29, 0.717) is 0 Å². The fourth-order valence-corrected chi connectivity index (χ4v) is 4.49.